The van der Waals surface area contributed by atoms with E-state index < -0.39 is 10.1 Å². The molecule has 0 bridgehead atoms. The summed E-state index contributed by atoms with van der Waals surface area (Å²) in [5.74, 6) is 0.694. The Kier molecular flexibility index (Phi) is 4.38. The number of fused-ring (bicyclic) bond motifs is 1. The van der Waals surface area contributed by atoms with Crippen LogP contribution in [-0.4, -0.2) is 28.4 Å². The van der Waals surface area contributed by atoms with Crippen LogP contribution >= 0.6 is 11.6 Å². The maximum Gasteiger partial charge on any atom is 0.341 e. The molecule has 8 nitrogen and oxygen atoms in total. The molecule has 1 N–H and O–H groups in total. The summed E-state index contributed by atoms with van der Waals surface area (Å²) in [4.78, 5) is 14.6. The van der Waals surface area contributed by atoms with Gasteiger partial charge in [-0.15, -0.1) is 0 Å². The third kappa shape index (κ3) is 3.55. The topological polar surface area (TPSA) is 107 Å². The Bertz CT molecular complexity index is 1210. The van der Waals surface area contributed by atoms with E-state index in [2.05, 4.69) is 19.9 Å². The zero-order chi connectivity index (χ0) is 18.9. The first-order chi connectivity index (χ1) is 13.0. The molecule has 0 atom stereocenters. The predicted octanol–water partition coefficient (Wildman–Crippen LogP) is 3.57. The van der Waals surface area contributed by atoms with E-state index in [4.69, 9.17) is 20.5 Å². The molecule has 0 amide bonds. The van der Waals surface area contributed by atoms with Crippen LogP contribution < -0.4 is 8.92 Å². The summed E-state index contributed by atoms with van der Waals surface area (Å²) >= 11 is 6.12. The van der Waals surface area contributed by atoms with Gasteiger partial charge in [-0.05, 0) is 18.2 Å². The van der Waals surface area contributed by atoms with Gasteiger partial charge in [0.2, 0.25) is 5.88 Å². The minimum Gasteiger partial charge on any atom is -0.437 e. The number of H-pyrrole nitrogens is 1. The number of hydrogen-bond donors (Lipinski definition) is 1. The highest BCUT2D eigenvalue weighted by molar-refractivity contribution is 7.87. The van der Waals surface area contributed by atoms with Gasteiger partial charge in [0.05, 0.1) is 16.6 Å². The summed E-state index contributed by atoms with van der Waals surface area (Å²) in [5, 5.41) is 0.522. The number of pyridine rings is 1. The van der Waals surface area contributed by atoms with Gasteiger partial charge in [0.1, 0.15) is 22.0 Å². The largest absolute Gasteiger partial charge is 0.437 e. The Morgan fingerprint density at radius 3 is 2.70 bits per heavy atom. The van der Waals surface area contributed by atoms with Gasteiger partial charge in [-0.3, -0.25) is 4.98 Å². The second-order valence-corrected chi connectivity index (χ2v) is 7.25. The number of benzene rings is 1. The molecular weight excluding hydrogens is 392 g/mol. The van der Waals surface area contributed by atoms with E-state index >= 15 is 0 Å². The van der Waals surface area contributed by atoms with Crippen molar-refractivity contribution in [3.05, 3.63) is 66.3 Å². The van der Waals surface area contributed by atoms with Crippen LogP contribution in [0.3, 0.4) is 0 Å². The van der Waals surface area contributed by atoms with Crippen LogP contribution in [0.1, 0.15) is 0 Å². The number of hydrogen-bond acceptors (Lipinski definition) is 7. The lowest BCUT2D eigenvalue weighted by Gasteiger charge is -2.08. The van der Waals surface area contributed by atoms with Gasteiger partial charge in [-0.1, -0.05) is 17.7 Å². The quantitative estimate of drug-likeness (QED) is 0.508. The monoisotopic (exact) mass is 402 g/mol. The van der Waals surface area contributed by atoms with Crippen molar-refractivity contribution in [1.82, 2.24) is 19.9 Å². The van der Waals surface area contributed by atoms with Crippen LogP contribution in [0.4, 0.5) is 0 Å². The summed E-state index contributed by atoms with van der Waals surface area (Å²) < 4.78 is 36.2. The zero-order valence-corrected chi connectivity index (χ0v) is 15.1. The van der Waals surface area contributed by atoms with E-state index in [1.165, 1.54) is 49.2 Å². The maximum atomic E-state index is 12.7. The Balaban J connectivity index is 1.64. The molecule has 0 saturated carbocycles. The highest BCUT2D eigenvalue weighted by Crippen LogP contribution is 2.31. The molecule has 1 aromatic carbocycles. The molecular formula is C17H11ClN4O4S. The lowest BCUT2D eigenvalue weighted by atomic mass is 10.3. The standard InChI is InChI=1S/C17H11ClN4O4S/c18-13-4-5-21-17-16(13)14(9-22-17)27(23,24)26-12-3-1-2-11(8-12)25-15-10-19-6-7-20-15/h1-10H,(H,21,22). The van der Waals surface area contributed by atoms with E-state index in [1.54, 1.807) is 12.1 Å². The van der Waals surface area contributed by atoms with Gasteiger partial charge >= 0.3 is 10.1 Å². The molecule has 4 rings (SSSR count). The van der Waals surface area contributed by atoms with E-state index in [0.717, 1.165) is 0 Å². The molecule has 0 unspecified atom stereocenters. The van der Waals surface area contributed by atoms with Crippen molar-refractivity contribution >= 4 is 32.8 Å². The second-order valence-electron chi connectivity index (χ2n) is 5.33. The summed E-state index contributed by atoms with van der Waals surface area (Å²) in [6, 6.07) is 7.67. The third-order valence-electron chi connectivity index (χ3n) is 3.53. The number of aromatic amines is 1. The highest BCUT2D eigenvalue weighted by Gasteiger charge is 2.23. The van der Waals surface area contributed by atoms with Gasteiger partial charge in [0, 0.05) is 30.9 Å². The van der Waals surface area contributed by atoms with Crippen molar-refractivity contribution in [1.29, 1.82) is 0 Å². The van der Waals surface area contributed by atoms with Crippen molar-refractivity contribution in [2.24, 2.45) is 0 Å². The highest BCUT2D eigenvalue weighted by atomic mass is 35.5. The maximum absolute atomic E-state index is 12.7. The molecule has 0 radical (unpaired) electrons. The van der Waals surface area contributed by atoms with Crippen LogP contribution in [-0.2, 0) is 10.1 Å². The van der Waals surface area contributed by atoms with Crippen LogP contribution in [0.15, 0.2) is 66.2 Å². The molecule has 0 saturated heterocycles. The molecule has 10 heteroatoms. The van der Waals surface area contributed by atoms with Crippen molar-refractivity contribution in [3.63, 3.8) is 0 Å². The SMILES string of the molecule is O=S(=O)(Oc1cccc(Oc2cnccn2)c1)c1c[nH]c2nccc(Cl)c12. The van der Waals surface area contributed by atoms with Crippen LogP contribution in [0, 0.1) is 0 Å². The molecule has 0 aliphatic heterocycles. The smallest absolute Gasteiger partial charge is 0.341 e. The Morgan fingerprint density at radius 2 is 1.89 bits per heavy atom. The molecule has 136 valence electrons. The lowest BCUT2D eigenvalue weighted by Crippen LogP contribution is -2.09. The van der Waals surface area contributed by atoms with E-state index in [0.29, 0.717) is 11.4 Å². The average Bonchev–Trinajstić information content (AvgIpc) is 3.09. The van der Waals surface area contributed by atoms with Crippen LogP contribution in [0.5, 0.6) is 17.4 Å². The van der Waals surface area contributed by atoms with Crippen molar-refractivity contribution in [3.8, 4) is 17.4 Å². The van der Waals surface area contributed by atoms with E-state index in [9.17, 15) is 8.42 Å². The van der Waals surface area contributed by atoms with Gasteiger partial charge in [-0.2, -0.15) is 8.42 Å². The van der Waals surface area contributed by atoms with Gasteiger partial charge in [0.25, 0.3) is 0 Å². The van der Waals surface area contributed by atoms with Crippen molar-refractivity contribution < 1.29 is 17.3 Å². The number of rotatable bonds is 5. The molecule has 0 aliphatic rings. The summed E-state index contributed by atoms with van der Waals surface area (Å²) in [5.41, 5.74) is 0.351. The molecule has 3 aromatic heterocycles. The number of aromatic nitrogens is 4. The minimum atomic E-state index is -4.15. The summed E-state index contributed by atoms with van der Waals surface area (Å²) in [7, 11) is -4.15. The zero-order valence-electron chi connectivity index (χ0n) is 13.5. The average molecular weight is 403 g/mol. The Morgan fingerprint density at radius 1 is 1.04 bits per heavy atom. The fourth-order valence-corrected chi connectivity index (χ4v) is 3.82. The number of ether oxygens (including phenoxy) is 1. The molecule has 0 aliphatic carbocycles. The lowest BCUT2D eigenvalue weighted by molar-refractivity contribution is 0.453. The summed E-state index contributed by atoms with van der Waals surface area (Å²) in [6.45, 7) is 0. The normalized spacial score (nSPS) is 11.4. The molecule has 27 heavy (non-hydrogen) atoms. The first-order valence-electron chi connectivity index (χ1n) is 7.63. The molecule has 4 aromatic rings. The second kappa shape index (κ2) is 6.86. The van der Waals surface area contributed by atoms with E-state index in [-0.39, 0.29) is 26.9 Å². The first kappa shape index (κ1) is 17.3. The number of halogens is 1. The minimum absolute atomic E-state index is 0.0748. The fraction of sp³-hybridized carbons (Fsp3) is 0. The number of nitrogens with zero attached hydrogens (tertiary/aromatic N) is 3. The van der Waals surface area contributed by atoms with Crippen LogP contribution in [0.25, 0.3) is 11.0 Å². The van der Waals surface area contributed by atoms with Crippen molar-refractivity contribution in [2.45, 2.75) is 4.90 Å². The first-order valence-corrected chi connectivity index (χ1v) is 9.41. The van der Waals surface area contributed by atoms with Crippen molar-refractivity contribution in [2.75, 3.05) is 0 Å². The molecule has 0 spiro atoms. The van der Waals surface area contributed by atoms with Gasteiger partial charge < -0.3 is 13.9 Å². The Labute approximate surface area is 158 Å². The third-order valence-corrected chi connectivity index (χ3v) is 5.12. The van der Waals surface area contributed by atoms with Gasteiger partial charge in [0.15, 0.2) is 0 Å². The molecule has 3 heterocycles. The fourth-order valence-electron chi connectivity index (χ4n) is 2.41. The number of nitrogens with one attached hydrogen (secondary N) is 1. The molecule has 0 fully saturated rings. The van der Waals surface area contributed by atoms with E-state index in [1.807, 2.05) is 0 Å². The van der Waals surface area contributed by atoms with Gasteiger partial charge in [-0.25, -0.2) is 9.97 Å². The predicted molar refractivity (Wildman–Crippen MR) is 97.5 cm³/mol. The van der Waals surface area contributed by atoms with Crippen LogP contribution in [0.2, 0.25) is 5.02 Å². The Hall–Kier alpha value is -3.17. The summed E-state index contributed by atoms with van der Waals surface area (Å²) in [6.07, 6.45) is 7.20.